The zero-order valence-electron chi connectivity index (χ0n) is 12.6. The summed E-state index contributed by atoms with van der Waals surface area (Å²) in [6.45, 7) is -0.0424. The third-order valence-electron chi connectivity index (χ3n) is 4.55. The van der Waals surface area contributed by atoms with Gasteiger partial charge >= 0.3 is 0 Å². The summed E-state index contributed by atoms with van der Waals surface area (Å²) in [7, 11) is 1.84. The molecule has 0 aromatic heterocycles. The van der Waals surface area contributed by atoms with Crippen molar-refractivity contribution >= 4 is 18.3 Å². The van der Waals surface area contributed by atoms with Gasteiger partial charge < -0.3 is 15.0 Å². The number of benzene rings is 1. The number of likely N-dealkylation sites (N-methyl/N-ethyl adjacent to an activating group) is 1. The molecule has 0 saturated carbocycles. The maximum atomic E-state index is 13.1. The van der Waals surface area contributed by atoms with Crippen LogP contribution >= 0.6 is 12.4 Å². The molecule has 2 bridgehead atoms. The van der Waals surface area contributed by atoms with Crippen molar-refractivity contribution in [3.05, 3.63) is 30.1 Å². The van der Waals surface area contributed by atoms with Gasteiger partial charge in [-0.25, -0.2) is 4.39 Å². The van der Waals surface area contributed by atoms with Crippen LogP contribution in [0.25, 0.3) is 0 Å². The van der Waals surface area contributed by atoms with E-state index >= 15 is 0 Å². The molecule has 4 nitrogen and oxygen atoms in total. The molecule has 2 heterocycles. The number of ether oxygens (including phenoxy) is 1. The highest BCUT2D eigenvalue weighted by molar-refractivity contribution is 5.85. The van der Waals surface area contributed by atoms with E-state index in [2.05, 4.69) is 5.32 Å². The van der Waals surface area contributed by atoms with Gasteiger partial charge in [0.25, 0.3) is 5.91 Å². The number of nitrogens with one attached hydrogen (secondary N) is 1. The lowest BCUT2D eigenvalue weighted by Gasteiger charge is -2.35. The van der Waals surface area contributed by atoms with Crippen molar-refractivity contribution in [2.75, 3.05) is 13.7 Å². The van der Waals surface area contributed by atoms with Crippen molar-refractivity contribution in [2.24, 2.45) is 0 Å². The Morgan fingerprint density at radius 3 is 2.68 bits per heavy atom. The third kappa shape index (κ3) is 3.90. The number of hydrogen-bond acceptors (Lipinski definition) is 3. The normalized spacial score (nSPS) is 26.2. The average molecular weight is 329 g/mol. The molecular weight excluding hydrogens is 307 g/mol. The molecule has 6 heteroatoms. The van der Waals surface area contributed by atoms with Crippen LogP contribution in [0.1, 0.15) is 25.7 Å². The Balaban J connectivity index is 0.00000176. The molecule has 0 aliphatic carbocycles. The number of nitrogens with zero attached hydrogens (tertiary/aromatic N) is 1. The van der Waals surface area contributed by atoms with Crippen LogP contribution in [0.5, 0.6) is 5.75 Å². The molecule has 22 heavy (non-hydrogen) atoms. The minimum absolute atomic E-state index is 0. The minimum Gasteiger partial charge on any atom is -0.484 e. The van der Waals surface area contributed by atoms with Crippen LogP contribution in [0.15, 0.2) is 24.3 Å². The Bertz CT molecular complexity index is 517. The predicted octanol–water partition coefficient (Wildman–Crippen LogP) is 2.37. The molecule has 1 N–H and O–H groups in total. The van der Waals surface area contributed by atoms with Crippen LogP contribution < -0.4 is 10.1 Å². The van der Waals surface area contributed by atoms with Gasteiger partial charge in [-0.2, -0.15) is 0 Å². The Labute approximate surface area is 136 Å². The van der Waals surface area contributed by atoms with E-state index in [0.29, 0.717) is 17.8 Å². The Hall–Kier alpha value is -1.33. The summed E-state index contributed by atoms with van der Waals surface area (Å²) in [6.07, 6.45) is 4.45. The third-order valence-corrected chi connectivity index (χ3v) is 4.55. The lowest BCUT2D eigenvalue weighted by Crippen LogP contribution is -2.49. The van der Waals surface area contributed by atoms with Gasteiger partial charge in [0.2, 0.25) is 0 Å². The van der Waals surface area contributed by atoms with Crippen LogP contribution in [-0.4, -0.2) is 42.6 Å². The first-order valence-electron chi connectivity index (χ1n) is 7.52. The first-order valence-corrected chi connectivity index (χ1v) is 7.52. The van der Waals surface area contributed by atoms with E-state index in [4.69, 9.17) is 4.74 Å². The second kappa shape index (κ2) is 7.29. The quantitative estimate of drug-likeness (QED) is 0.922. The minimum atomic E-state index is -0.358. The molecule has 0 radical (unpaired) electrons. The lowest BCUT2D eigenvalue weighted by atomic mass is 9.98. The van der Waals surface area contributed by atoms with E-state index in [1.54, 1.807) is 17.0 Å². The fourth-order valence-corrected chi connectivity index (χ4v) is 3.35. The van der Waals surface area contributed by atoms with Crippen LogP contribution in [0.4, 0.5) is 4.39 Å². The molecule has 1 aromatic carbocycles. The molecule has 2 unspecified atom stereocenters. The SMILES string of the molecule is CN(C(=O)COc1cccc(F)c1)C1CC2CCC(C1)N2.Cl. The molecular formula is C16H22ClFN2O2. The largest absolute Gasteiger partial charge is 0.484 e. The van der Waals surface area contributed by atoms with Crippen molar-refractivity contribution in [1.29, 1.82) is 0 Å². The molecule has 2 fully saturated rings. The molecule has 2 aliphatic heterocycles. The fourth-order valence-electron chi connectivity index (χ4n) is 3.35. The fraction of sp³-hybridized carbons (Fsp3) is 0.562. The maximum Gasteiger partial charge on any atom is 0.260 e. The summed E-state index contributed by atoms with van der Waals surface area (Å²) >= 11 is 0. The molecule has 122 valence electrons. The Morgan fingerprint density at radius 1 is 1.36 bits per heavy atom. The van der Waals surface area contributed by atoms with Gasteiger partial charge in [0, 0.05) is 31.2 Å². The molecule has 2 saturated heterocycles. The van der Waals surface area contributed by atoms with E-state index < -0.39 is 0 Å². The number of piperidine rings is 1. The molecule has 2 atom stereocenters. The standard InChI is InChI=1S/C16H21FN2O2.ClH/c1-19(14-8-12-5-6-13(9-14)18-12)16(20)10-21-15-4-2-3-11(17)7-15;/h2-4,7,12-14,18H,5-6,8-10H2,1H3;1H. The van der Waals surface area contributed by atoms with Gasteiger partial charge in [-0.3, -0.25) is 4.79 Å². The first-order chi connectivity index (χ1) is 10.1. The monoisotopic (exact) mass is 328 g/mol. The molecule has 1 amide bonds. The zero-order valence-corrected chi connectivity index (χ0v) is 13.4. The van der Waals surface area contributed by atoms with E-state index in [1.165, 1.54) is 25.0 Å². The van der Waals surface area contributed by atoms with Crippen molar-refractivity contribution in [3.8, 4) is 5.75 Å². The topological polar surface area (TPSA) is 41.6 Å². The summed E-state index contributed by atoms with van der Waals surface area (Å²) < 4.78 is 18.4. The number of amides is 1. The molecule has 2 aliphatic rings. The van der Waals surface area contributed by atoms with Crippen LogP contribution in [0.3, 0.4) is 0 Å². The second-order valence-corrected chi connectivity index (χ2v) is 6.01. The van der Waals surface area contributed by atoms with Crippen molar-refractivity contribution in [2.45, 2.75) is 43.8 Å². The summed E-state index contributed by atoms with van der Waals surface area (Å²) in [5.41, 5.74) is 0. The summed E-state index contributed by atoms with van der Waals surface area (Å²) in [5.74, 6) is -0.0177. The number of carbonyl (C=O) groups is 1. The number of rotatable bonds is 4. The zero-order chi connectivity index (χ0) is 14.8. The highest BCUT2D eigenvalue weighted by atomic mass is 35.5. The Morgan fingerprint density at radius 2 is 2.05 bits per heavy atom. The molecule has 0 spiro atoms. The Kier molecular flexibility index (Phi) is 5.64. The highest BCUT2D eigenvalue weighted by Gasteiger charge is 2.36. The maximum absolute atomic E-state index is 13.1. The number of hydrogen-bond donors (Lipinski definition) is 1. The number of fused-ring (bicyclic) bond motifs is 2. The van der Waals surface area contributed by atoms with Gasteiger partial charge in [0.1, 0.15) is 11.6 Å². The van der Waals surface area contributed by atoms with Gasteiger partial charge in [-0.1, -0.05) is 6.07 Å². The van der Waals surface area contributed by atoms with Crippen LogP contribution in [0, 0.1) is 5.82 Å². The van der Waals surface area contributed by atoms with E-state index in [9.17, 15) is 9.18 Å². The number of halogens is 2. The summed E-state index contributed by atoms with van der Waals surface area (Å²) in [4.78, 5) is 14.0. The van der Waals surface area contributed by atoms with E-state index in [-0.39, 0.29) is 36.8 Å². The van der Waals surface area contributed by atoms with E-state index in [1.807, 2.05) is 7.05 Å². The van der Waals surface area contributed by atoms with E-state index in [0.717, 1.165) is 12.8 Å². The van der Waals surface area contributed by atoms with Gasteiger partial charge in [0.15, 0.2) is 6.61 Å². The van der Waals surface area contributed by atoms with Crippen molar-refractivity contribution < 1.29 is 13.9 Å². The van der Waals surface area contributed by atoms with Gasteiger partial charge in [-0.15, -0.1) is 12.4 Å². The highest BCUT2D eigenvalue weighted by Crippen LogP contribution is 2.29. The summed E-state index contributed by atoms with van der Waals surface area (Å²) in [5, 5.41) is 3.57. The average Bonchev–Trinajstić information content (AvgIpc) is 2.82. The van der Waals surface area contributed by atoms with Gasteiger partial charge in [-0.05, 0) is 37.8 Å². The number of carbonyl (C=O) groups excluding carboxylic acids is 1. The lowest BCUT2D eigenvalue weighted by molar-refractivity contribution is -0.134. The predicted molar refractivity (Wildman–Crippen MR) is 84.9 cm³/mol. The molecule has 1 aromatic rings. The van der Waals surface area contributed by atoms with Crippen LogP contribution in [-0.2, 0) is 4.79 Å². The van der Waals surface area contributed by atoms with Gasteiger partial charge in [0.05, 0.1) is 0 Å². The smallest absolute Gasteiger partial charge is 0.260 e. The van der Waals surface area contributed by atoms with Crippen molar-refractivity contribution in [1.82, 2.24) is 10.2 Å². The molecule has 3 rings (SSSR count). The van der Waals surface area contributed by atoms with Crippen molar-refractivity contribution in [3.63, 3.8) is 0 Å². The summed E-state index contributed by atoms with van der Waals surface area (Å²) in [6, 6.07) is 7.25. The van der Waals surface area contributed by atoms with Crippen LogP contribution in [0.2, 0.25) is 0 Å². The first kappa shape index (κ1) is 17.0. The second-order valence-electron chi connectivity index (χ2n) is 6.01.